The van der Waals surface area contributed by atoms with E-state index in [4.69, 9.17) is 9.26 Å². The summed E-state index contributed by atoms with van der Waals surface area (Å²) < 4.78 is 9.95. The van der Waals surface area contributed by atoms with Crippen LogP contribution in [0.5, 0.6) is 0 Å². The second kappa shape index (κ2) is 7.28. The summed E-state index contributed by atoms with van der Waals surface area (Å²) >= 11 is 1.33. The molecule has 0 atom stereocenters. The summed E-state index contributed by atoms with van der Waals surface area (Å²) in [6, 6.07) is 1.55. The number of hydrogen-bond acceptors (Lipinski definition) is 7. The number of aryl methyl sites for hydroxylation is 2. The SMILES string of the molecule is Cc1cc(NC(=O)COC(=O)c2c(NC(=O)C3CC3)sc(C)c2C)no1. The lowest BCUT2D eigenvalue weighted by Gasteiger charge is -2.08. The Balaban J connectivity index is 1.63. The van der Waals surface area contributed by atoms with Gasteiger partial charge in [0.1, 0.15) is 10.8 Å². The number of amides is 2. The zero-order valence-corrected chi connectivity index (χ0v) is 15.5. The van der Waals surface area contributed by atoms with Gasteiger partial charge >= 0.3 is 5.97 Å². The number of anilines is 2. The number of carbonyl (C=O) groups excluding carboxylic acids is 3. The second-order valence-corrected chi connectivity index (χ2v) is 7.42. The lowest BCUT2D eigenvalue weighted by molar-refractivity contribution is -0.119. The molecule has 9 heteroatoms. The number of nitrogens with zero attached hydrogens (tertiary/aromatic N) is 1. The Bertz CT molecular complexity index is 866. The van der Waals surface area contributed by atoms with Crippen molar-refractivity contribution in [2.75, 3.05) is 17.2 Å². The fraction of sp³-hybridized carbons (Fsp3) is 0.412. The van der Waals surface area contributed by atoms with Gasteiger partial charge in [-0.25, -0.2) is 4.79 Å². The molecular weight excluding hydrogens is 358 g/mol. The molecule has 0 bridgehead atoms. The van der Waals surface area contributed by atoms with Gasteiger partial charge in [0.05, 0.1) is 5.56 Å². The van der Waals surface area contributed by atoms with Crippen LogP contribution in [0, 0.1) is 26.7 Å². The molecule has 2 N–H and O–H groups in total. The van der Waals surface area contributed by atoms with Crippen molar-refractivity contribution in [3.63, 3.8) is 0 Å². The van der Waals surface area contributed by atoms with Crippen molar-refractivity contribution in [1.82, 2.24) is 5.16 Å². The van der Waals surface area contributed by atoms with E-state index in [1.54, 1.807) is 19.9 Å². The highest BCUT2D eigenvalue weighted by Gasteiger charge is 2.31. The summed E-state index contributed by atoms with van der Waals surface area (Å²) in [6.07, 6.45) is 1.74. The van der Waals surface area contributed by atoms with Crippen molar-refractivity contribution < 1.29 is 23.6 Å². The van der Waals surface area contributed by atoms with Crippen LogP contribution in [0.1, 0.15) is 39.4 Å². The van der Waals surface area contributed by atoms with Crippen molar-refractivity contribution >= 4 is 39.9 Å². The van der Waals surface area contributed by atoms with Gasteiger partial charge in [0.25, 0.3) is 5.91 Å². The summed E-state index contributed by atoms with van der Waals surface area (Å²) in [7, 11) is 0. The first kappa shape index (κ1) is 18.1. The predicted molar refractivity (Wildman–Crippen MR) is 95.3 cm³/mol. The van der Waals surface area contributed by atoms with Gasteiger partial charge in [-0.3, -0.25) is 9.59 Å². The Morgan fingerprint density at radius 3 is 2.62 bits per heavy atom. The van der Waals surface area contributed by atoms with E-state index in [2.05, 4.69) is 15.8 Å². The number of rotatable bonds is 6. The molecule has 3 rings (SSSR count). The van der Waals surface area contributed by atoms with Crippen LogP contribution in [0.15, 0.2) is 10.6 Å². The Kier molecular flexibility index (Phi) is 5.08. The van der Waals surface area contributed by atoms with Crippen molar-refractivity contribution in [2.24, 2.45) is 5.92 Å². The normalized spacial score (nSPS) is 13.3. The number of esters is 1. The van der Waals surface area contributed by atoms with Crippen LogP contribution in [0.3, 0.4) is 0 Å². The van der Waals surface area contributed by atoms with Crippen LogP contribution in [0.2, 0.25) is 0 Å². The summed E-state index contributed by atoms with van der Waals surface area (Å²) in [6.45, 7) is 4.88. The van der Waals surface area contributed by atoms with Gasteiger partial charge in [-0.2, -0.15) is 0 Å². The van der Waals surface area contributed by atoms with E-state index in [1.165, 1.54) is 11.3 Å². The minimum Gasteiger partial charge on any atom is -0.452 e. The van der Waals surface area contributed by atoms with Crippen LogP contribution < -0.4 is 10.6 Å². The third kappa shape index (κ3) is 4.10. The number of thiophene rings is 1. The molecule has 2 heterocycles. The minimum absolute atomic E-state index is 0.0262. The first-order chi connectivity index (χ1) is 12.3. The molecule has 1 saturated carbocycles. The van der Waals surface area contributed by atoms with Crippen LogP contribution >= 0.6 is 11.3 Å². The van der Waals surface area contributed by atoms with E-state index in [1.807, 2.05) is 6.92 Å². The molecule has 0 saturated heterocycles. The lowest BCUT2D eigenvalue weighted by Crippen LogP contribution is -2.22. The van der Waals surface area contributed by atoms with Crippen molar-refractivity contribution in [1.29, 1.82) is 0 Å². The Labute approximate surface area is 153 Å². The molecule has 138 valence electrons. The van der Waals surface area contributed by atoms with Gasteiger partial charge in [0.2, 0.25) is 5.91 Å². The zero-order valence-electron chi connectivity index (χ0n) is 14.7. The number of nitrogens with one attached hydrogen (secondary N) is 2. The van der Waals surface area contributed by atoms with E-state index in [0.717, 1.165) is 23.3 Å². The molecule has 0 radical (unpaired) electrons. The van der Waals surface area contributed by atoms with Gasteiger partial charge in [0, 0.05) is 16.9 Å². The third-order valence-electron chi connectivity index (χ3n) is 4.00. The molecule has 2 aromatic heterocycles. The molecule has 2 aromatic rings. The molecule has 1 aliphatic rings. The Morgan fingerprint density at radius 1 is 1.27 bits per heavy atom. The smallest absolute Gasteiger partial charge is 0.341 e. The molecule has 1 aliphatic carbocycles. The third-order valence-corrected chi connectivity index (χ3v) is 5.13. The van der Waals surface area contributed by atoms with Gasteiger partial charge in [0.15, 0.2) is 12.4 Å². The van der Waals surface area contributed by atoms with Gasteiger partial charge in [-0.1, -0.05) is 5.16 Å². The highest BCUT2D eigenvalue weighted by atomic mass is 32.1. The monoisotopic (exact) mass is 377 g/mol. The average molecular weight is 377 g/mol. The van der Waals surface area contributed by atoms with Crippen LogP contribution in [-0.4, -0.2) is 29.5 Å². The highest BCUT2D eigenvalue weighted by molar-refractivity contribution is 7.16. The van der Waals surface area contributed by atoms with Crippen molar-refractivity contribution in [3.05, 3.63) is 27.8 Å². The van der Waals surface area contributed by atoms with E-state index in [0.29, 0.717) is 16.3 Å². The number of ether oxygens (including phenoxy) is 1. The maximum absolute atomic E-state index is 12.4. The van der Waals surface area contributed by atoms with E-state index >= 15 is 0 Å². The van der Waals surface area contributed by atoms with E-state index in [-0.39, 0.29) is 17.6 Å². The van der Waals surface area contributed by atoms with Crippen molar-refractivity contribution in [2.45, 2.75) is 33.6 Å². The Hall–Kier alpha value is -2.68. The fourth-order valence-corrected chi connectivity index (χ4v) is 3.38. The quantitative estimate of drug-likeness (QED) is 0.749. The molecular formula is C17H19N3O5S. The lowest BCUT2D eigenvalue weighted by atomic mass is 10.1. The first-order valence-corrected chi connectivity index (χ1v) is 8.98. The van der Waals surface area contributed by atoms with Gasteiger partial charge < -0.3 is 19.9 Å². The van der Waals surface area contributed by atoms with Gasteiger partial charge in [-0.15, -0.1) is 11.3 Å². The largest absolute Gasteiger partial charge is 0.452 e. The summed E-state index contributed by atoms with van der Waals surface area (Å²) in [5.74, 6) is -0.428. The van der Waals surface area contributed by atoms with Crippen LogP contribution in [0.4, 0.5) is 10.8 Å². The molecule has 0 unspecified atom stereocenters. The molecule has 2 amide bonds. The van der Waals surface area contributed by atoms with Gasteiger partial charge in [-0.05, 0) is 39.2 Å². The van der Waals surface area contributed by atoms with Crippen LogP contribution in [0.25, 0.3) is 0 Å². The first-order valence-electron chi connectivity index (χ1n) is 8.16. The van der Waals surface area contributed by atoms with Crippen molar-refractivity contribution in [3.8, 4) is 0 Å². The van der Waals surface area contributed by atoms with Crippen LogP contribution in [-0.2, 0) is 14.3 Å². The zero-order chi connectivity index (χ0) is 18.8. The van der Waals surface area contributed by atoms with E-state index < -0.39 is 18.5 Å². The average Bonchev–Trinajstić information content (AvgIpc) is 3.30. The number of carbonyl (C=O) groups is 3. The molecule has 0 aromatic carbocycles. The molecule has 1 fully saturated rings. The summed E-state index contributed by atoms with van der Waals surface area (Å²) in [5, 5.41) is 9.37. The Morgan fingerprint density at radius 2 is 2.00 bits per heavy atom. The topological polar surface area (TPSA) is 111 Å². The van der Waals surface area contributed by atoms with E-state index in [9.17, 15) is 14.4 Å². The maximum atomic E-state index is 12.4. The number of hydrogen-bond donors (Lipinski definition) is 2. The second-order valence-electron chi connectivity index (χ2n) is 6.20. The summed E-state index contributed by atoms with van der Waals surface area (Å²) in [5.41, 5.74) is 1.03. The molecule has 0 spiro atoms. The molecule has 26 heavy (non-hydrogen) atoms. The standard InChI is InChI=1S/C17H19N3O5S/c1-8-6-12(20-25-8)18-13(21)7-24-17(23)14-9(2)10(3)26-16(14)19-15(22)11-4-5-11/h6,11H,4-5,7H2,1-3H3,(H,19,22)(H,18,20,21). The fourth-order valence-electron chi connectivity index (χ4n) is 2.33. The maximum Gasteiger partial charge on any atom is 0.341 e. The number of aromatic nitrogens is 1. The summed E-state index contributed by atoms with van der Waals surface area (Å²) in [4.78, 5) is 37.2. The minimum atomic E-state index is -0.649. The molecule has 0 aliphatic heterocycles. The highest BCUT2D eigenvalue weighted by Crippen LogP contribution is 2.36. The predicted octanol–water partition coefficient (Wildman–Crippen LogP) is 2.81. The molecule has 8 nitrogen and oxygen atoms in total.